The first kappa shape index (κ1) is 16.8. The molecule has 2 rings (SSSR count). The van der Waals surface area contributed by atoms with Crippen molar-refractivity contribution < 1.29 is 19.1 Å². The maximum Gasteiger partial charge on any atom is 0.335 e. The Morgan fingerprint density at radius 3 is 2.64 bits per heavy atom. The molecule has 0 aromatic carbocycles. The predicted octanol–water partition coefficient (Wildman–Crippen LogP) is 1.42. The average Bonchev–Trinajstić information content (AvgIpc) is 2.47. The van der Waals surface area contributed by atoms with Crippen molar-refractivity contribution in [1.29, 1.82) is 0 Å². The van der Waals surface area contributed by atoms with E-state index in [1.165, 1.54) is 0 Å². The van der Waals surface area contributed by atoms with Crippen molar-refractivity contribution in [3.05, 3.63) is 11.3 Å². The van der Waals surface area contributed by atoms with E-state index in [-0.39, 0.29) is 11.9 Å². The first-order chi connectivity index (χ1) is 10.5. The summed E-state index contributed by atoms with van der Waals surface area (Å²) >= 11 is 0. The monoisotopic (exact) mass is 310 g/mol. The number of esters is 2. The minimum absolute atomic E-state index is 0.265. The fourth-order valence-corrected chi connectivity index (χ4v) is 3.45. The minimum Gasteiger partial charge on any atom is -0.466 e. The molecule has 2 atom stereocenters. The van der Waals surface area contributed by atoms with Gasteiger partial charge in [0, 0.05) is 12.2 Å². The highest BCUT2D eigenvalue weighted by molar-refractivity contribution is 5.91. The molecule has 0 aromatic heterocycles. The summed E-state index contributed by atoms with van der Waals surface area (Å²) in [5.74, 6) is -1.02. The highest BCUT2D eigenvalue weighted by Crippen LogP contribution is 2.40. The molecule has 0 aromatic rings. The van der Waals surface area contributed by atoms with Crippen molar-refractivity contribution in [2.75, 3.05) is 26.3 Å². The van der Waals surface area contributed by atoms with Gasteiger partial charge in [0.2, 0.25) is 0 Å². The van der Waals surface area contributed by atoms with Crippen LogP contribution in [0, 0.1) is 5.92 Å². The van der Waals surface area contributed by atoms with Gasteiger partial charge in [-0.05, 0) is 47.1 Å². The fourth-order valence-electron chi connectivity index (χ4n) is 3.45. The lowest BCUT2D eigenvalue weighted by molar-refractivity contribution is -0.157. The first-order valence-electron chi connectivity index (χ1n) is 8.01. The smallest absolute Gasteiger partial charge is 0.335 e. The Morgan fingerprint density at radius 1 is 1.32 bits per heavy atom. The third-order valence-electron chi connectivity index (χ3n) is 4.62. The van der Waals surface area contributed by atoms with E-state index in [4.69, 9.17) is 9.47 Å². The van der Waals surface area contributed by atoms with Crippen LogP contribution in [0.4, 0.5) is 0 Å². The standard InChI is InChI=1S/C16H26N2O4/c1-5-21-14(19)12-10-13(15(20)22-6-2)16(4)17-8-7-9-18(16)11(12)3/h13,17H,5-10H2,1-4H3. The second-order valence-electron chi connectivity index (χ2n) is 5.87. The number of nitrogens with one attached hydrogen (secondary N) is 1. The molecule has 0 amide bonds. The number of carbonyl (C=O) groups excluding carboxylic acids is 2. The Balaban J connectivity index is 2.39. The van der Waals surface area contributed by atoms with Crippen molar-refractivity contribution in [3.8, 4) is 0 Å². The van der Waals surface area contributed by atoms with E-state index in [9.17, 15) is 9.59 Å². The highest BCUT2D eigenvalue weighted by atomic mass is 16.5. The van der Waals surface area contributed by atoms with Gasteiger partial charge in [-0.15, -0.1) is 0 Å². The van der Waals surface area contributed by atoms with Crippen LogP contribution in [0.15, 0.2) is 11.3 Å². The van der Waals surface area contributed by atoms with Crippen LogP contribution in [0.25, 0.3) is 0 Å². The normalized spacial score (nSPS) is 28.2. The molecular weight excluding hydrogens is 284 g/mol. The summed E-state index contributed by atoms with van der Waals surface area (Å²) in [6.07, 6.45) is 1.32. The third kappa shape index (κ3) is 2.84. The Morgan fingerprint density at radius 2 is 2.00 bits per heavy atom. The summed E-state index contributed by atoms with van der Waals surface area (Å²) in [6.45, 7) is 9.85. The van der Waals surface area contributed by atoms with Gasteiger partial charge in [-0.1, -0.05) is 0 Å². The van der Waals surface area contributed by atoms with Crippen LogP contribution in [-0.2, 0) is 19.1 Å². The van der Waals surface area contributed by atoms with Gasteiger partial charge in [-0.2, -0.15) is 0 Å². The van der Waals surface area contributed by atoms with Gasteiger partial charge in [0.05, 0.1) is 24.7 Å². The number of carbonyl (C=O) groups is 2. The summed E-state index contributed by atoms with van der Waals surface area (Å²) in [7, 11) is 0. The molecule has 0 aliphatic carbocycles. The first-order valence-corrected chi connectivity index (χ1v) is 8.01. The molecule has 1 N–H and O–H groups in total. The van der Waals surface area contributed by atoms with Gasteiger partial charge in [-0.25, -0.2) is 4.79 Å². The van der Waals surface area contributed by atoms with Crippen LogP contribution >= 0.6 is 0 Å². The van der Waals surface area contributed by atoms with Gasteiger partial charge in [0.25, 0.3) is 0 Å². The van der Waals surface area contributed by atoms with Gasteiger partial charge >= 0.3 is 11.9 Å². The molecule has 6 heteroatoms. The Labute approximate surface area is 131 Å². The number of ether oxygens (including phenoxy) is 2. The average molecular weight is 310 g/mol. The molecule has 2 heterocycles. The minimum atomic E-state index is -0.509. The van der Waals surface area contributed by atoms with E-state index in [1.807, 2.05) is 13.8 Å². The molecule has 2 aliphatic heterocycles. The quantitative estimate of drug-likeness (QED) is 0.792. The zero-order valence-electron chi connectivity index (χ0n) is 13.9. The molecule has 0 saturated carbocycles. The van der Waals surface area contributed by atoms with Crippen molar-refractivity contribution in [1.82, 2.24) is 10.2 Å². The summed E-state index contributed by atoms with van der Waals surface area (Å²) in [5.41, 5.74) is 0.972. The zero-order chi connectivity index (χ0) is 16.3. The van der Waals surface area contributed by atoms with Crippen LogP contribution in [0.3, 0.4) is 0 Å². The maximum atomic E-state index is 12.4. The zero-order valence-corrected chi connectivity index (χ0v) is 13.9. The lowest BCUT2D eigenvalue weighted by Gasteiger charge is -2.53. The van der Waals surface area contributed by atoms with Crippen molar-refractivity contribution in [2.45, 2.75) is 46.2 Å². The second-order valence-corrected chi connectivity index (χ2v) is 5.87. The summed E-state index contributed by atoms with van der Waals surface area (Å²) in [4.78, 5) is 26.8. The summed E-state index contributed by atoms with van der Waals surface area (Å²) in [5, 5.41) is 3.45. The van der Waals surface area contributed by atoms with Crippen LogP contribution in [0.1, 0.15) is 40.5 Å². The number of fused-ring (bicyclic) bond motifs is 1. The van der Waals surface area contributed by atoms with Crippen molar-refractivity contribution >= 4 is 11.9 Å². The molecular formula is C16H26N2O4. The largest absolute Gasteiger partial charge is 0.466 e. The molecule has 0 bridgehead atoms. The van der Waals surface area contributed by atoms with Crippen LogP contribution in [0.2, 0.25) is 0 Å². The molecule has 22 heavy (non-hydrogen) atoms. The third-order valence-corrected chi connectivity index (χ3v) is 4.62. The fraction of sp³-hybridized carbons (Fsp3) is 0.750. The van der Waals surface area contributed by atoms with Crippen molar-refractivity contribution in [3.63, 3.8) is 0 Å². The van der Waals surface area contributed by atoms with Crippen molar-refractivity contribution in [2.24, 2.45) is 5.92 Å². The topological polar surface area (TPSA) is 67.9 Å². The van der Waals surface area contributed by atoms with Gasteiger partial charge < -0.3 is 14.4 Å². The van der Waals surface area contributed by atoms with E-state index >= 15 is 0 Å². The number of allylic oxidation sites excluding steroid dienone is 1. The number of hydrogen-bond donors (Lipinski definition) is 1. The van der Waals surface area contributed by atoms with E-state index < -0.39 is 11.6 Å². The highest BCUT2D eigenvalue weighted by Gasteiger charge is 2.50. The van der Waals surface area contributed by atoms with E-state index in [1.54, 1.807) is 13.8 Å². The molecule has 1 fully saturated rings. The molecule has 6 nitrogen and oxygen atoms in total. The van der Waals surface area contributed by atoms with Gasteiger partial charge in [0.1, 0.15) is 5.66 Å². The summed E-state index contributed by atoms with van der Waals surface area (Å²) < 4.78 is 10.4. The van der Waals surface area contributed by atoms with Gasteiger partial charge in [0.15, 0.2) is 0 Å². The van der Waals surface area contributed by atoms with E-state index in [0.29, 0.717) is 25.2 Å². The number of rotatable bonds is 4. The lowest BCUT2D eigenvalue weighted by atomic mass is 9.80. The summed E-state index contributed by atoms with van der Waals surface area (Å²) in [6, 6.07) is 0. The molecule has 0 radical (unpaired) electrons. The Bertz CT molecular complexity index is 489. The number of nitrogens with zero attached hydrogens (tertiary/aromatic N) is 1. The van der Waals surface area contributed by atoms with Gasteiger partial charge in [-0.3, -0.25) is 10.1 Å². The Hall–Kier alpha value is -1.56. The van der Waals surface area contributed by atoms with Crippen LogP contribution in [-0.4, -0.2) is 48.8 Å². The Kier molecular flexibility index (Phi) is 5.11. The molecule has 2 unspecified atom stereocenters. The predicted molar refractivity (Wildman–Crippen MR) is 81.8 cm³/mol. The SMILES string of the molecule is CCOC(=O)C1=C(C)N2CCCNC2(C)C(C(=O)OCC)C1. The molecule has 2 aliphatic rings. The molecule has 124 valence electrons. The van der Waals surface area contributed by atoms with Crippen LogP contribution < -0.4 is 5.32 Å². The molecule has 1 saturated heterocycles. The van der Waals surface area contributed by atoms with Crippen LogP contribution in [0.5, 0.6) is 0 Å². The molecule has 0 spiro atoms. The second kappa shape index (κ2) is 6.69. The lowest BCUT2D eigenvalue weighted by Crippen LogP contribution is -2.67. The van der Waals surface area contributed by atoms with E-state index in [2.05, 4.69) is 10.2 Å². The maximum absolute atomic E-state index is 12.4. The number of hydrogen-bond acceptors (Lipinski definition) is 6. The van der Waals surface area contributed by atoms with E-state index in [0.717, 1.165) is 25.2 Å².